The van der Waals surface area contributed by atoms with Crippen molar-refractivity contribution in [3.8, 4) is 0 Å². The summed E-state index contributed by atoms with van der Waals surface area (Å²) in [7, 11) is 0. The van der Waals surface area contributed by atoms with Crippen molar-refractivity contribution in [1.29, 1.82) is 0 Å². The van der Waals surface area contributed by atoms with Gasteiger partial charge in [-0.15, -0.1) is 0 Å². The molecule has 6 nitrogen and oxygen atoms in total. The molecule has 3 rings (SSSR count). The first-order chi connectivity index (χ1) is 9.67. The van der Waals surface area contributed by atoms with E-state index >= 15 is 0 Å². The van der Waals surface area contributed by atoms with Gasteiger partial charge in [0.25, 0.3) is 0 Å². The average molecular weight is 278 g/mol. The molecule has 0 amide bonds. The molecule has 2 aliphatic heterocycles. The van der Waals surface area contributed by atoms with E-state index < -0.39 is 11.8 Å². The first-order valence-electron chi connectivity index (χ1n) is 6.86. The molecular weight excluding hydrogens is 260 g/mol. The second-order valence-electron chi connectivity index (χ2n) is 5.24. The molecule has 2 aliphatic rings. The molecule has 6 heteroatoms. The molecule has 2 fully saturated rings. The van der Waals surface area contributed by atoms with Gasteiger partial charge >= 0.3 is 5.97 Å². The Labute approximate surface area is 117 Å². The molecule has 1 aromatic heterocycles. The van der Waals surface area contributed by atoms with Crippen molar-refractivity contribution in [3.63, 3.8) is 0 Å². The van der Waals surface area contributed by atoms with E-state index in [-0.39, 0.29) is 5.69 Å². The van der Waals surface area contributed by atoms with Crippen LogP contribution in [0.5, 0.6) is 0 Å². The van der Waals surface area contributed by atoms with E-state index in [4.69, 9.17) is 14.6 Å². The number of piperidine rings is 1. The number of pyridine rings is 1. The van der Waals surface area contributed by atoms with Crippen molar-refractivity contribution in [2.24, 2.45) is 0 Å². The highest BCUT2D eigenvalue weighted by Crippen LogP contribution is 2.30. The topological polar surface area (TPSA) is 71.9 Å². The molecule has 1 spiro atoms. The lowest BCUT2D eigenvalue weighted by Gasteiger charge is -2.38. The molecule has 2 saturated heterocycles. The number of hydrogen-bond acceptors (Lipinski definition) is 5. The zero-order valence-electron chi connectivity index (χ0n) is 11.2. The van der Waals surface area contributed by atoms with Crippen molar-refractivity contribution >= 4 is 5.97 Å². The molecule has 0 atom stereocenters. The Morgan fingerprint density at radius 3 is 2.95 bits per heavy atom. The average Bonchev–Trinajstić information content (AvgIpc) is 2.87. The van der Waals surface area contributed by atoms with Gasteiger partial charge in [0.15, 0.2) is 5.79 Å². The minimum Gasteiger partial charge on any atom is -0.477 e. The van der Waals surface area contributed by atoms with Crippen molar-refractivity contribution in [3.05, 3.63) is 29.6 Å². The number of nitrogens with zero attached hydrogens (tertiary/aromatic N) is 2. The van der Waals surface area contributed by atoms with Gasteiger partial charge in [0.2, 0.25) is 0 Å². The Balaban J connectivity index is 1.68. The summed E-state index contributed by atoms with van der Waals surface area (Å²) in [5, 5.41) is 8.97. The van der Waals surface area contributed by atoms with Crippen LogP contribution in [0, 0.1) is 0 Å². The number of aromatic nitrogens is 1. The predicted molar refractivity (Wildman–Crippen MR) is 70.3 cm³/mol. The van der Waals surface area contributed by atoms with E-state index in [1.807, 2.05) is 6.07 Å². The third-order valence-corrected chi connectivity index (χ3v) is 3.72. The lowest BCUT2D eigenvalue weighted by atomic mass is 10.0. The van der Waals surface area contributed by atoms with Crippen LogP contribution >= 0.6 is 0 Å². The Bertz CT molecular complexity index is 500. The molecule has 0 saturated carbocycles. The summed E-state index contributed by atoms with van der Waals surface area (Å²) in [6.45, 7) is 3.59. The molecule has 0 radical (unpaired) electrons. The zero-order valence-corrected chi connectivity index (χ0v) is 11.2. The van der Waals surface area contributed by atoms with Gasteiger partial charge in [-0.2, -0.15) is 0 Å². The number of rotatable bonds is 3. The van der Waals surface area contributed by atoms with E-state index in [1.165, 1.54) is 6.07 Å². The summed E-state index contributed by atoms with van der Waals surface area (Å²) in [6, 6.07) is 5.09. The van der Waals surface area contributed by atoms with E-state index in [0.717, 1.165) is 25.1 Å². The summed E-state index contributed by atoms with van der Waals surface area (Å²) >= 11 is 0. The SMILES string of the molecule is O=C(O)c1cccc(CN2CCCC3(C2)OCCO3)n1. The summed E-state index contributed by atoms with van der Waals surface area (Å²) in [5.41, 5.74) is 0.850. The zero-order chi connectivity index (χ0) is 14.0. The predicted octanol–water partition coefficient (Wildman–Crippen LogP) is 1.12. The van der Waals surface area contributed by atoms with Crippen LogP contribution in [0.15, 0.2) is 18.2 Å². The highest BCUT2D eigenvalue weighted by atomic mass is 16.7. The van der Waals surface area contributed by atoms with Gasteiger partial charge in [0, 0.05) is 13.0 Å². The van der Waals surface area contributed by atoms with Crippen LogP contribution in [0.25, 0.3) is 0 Å². The summed E-state index contributed by atoms with van der Waals surface area (Å²) in [6.07, 6.45) is 1.94. The molecule has 108 valence electrons. The van der Waals surface area contributed by atoms with Crippen molar-refractivity contribution < 1.29 is 19.4 Å². The second kappa shape index (κ2) is 5.47. The molecular formula is C14H18N2O4. The molecule has 1 aromatic rings. The first-order valence-corrected chi connectivity index (χ1v) is 6.86. The highest BCUT2D eigenvalue weighted by molar-refractivity contribution is 5.85. The third-order valence-electron chi connectivity index (χ3n) is 3.72. The van der Waals surface area contributed by atoms with Crippen LogP contribution in [-0.4, -0.2) is 53.1 Å². The minimum atomic E-state index is -0.996. The van der Waals surface area contributed by atoms with Crippen molar-refractivity contribution in [1.82, 2.24) is 9.88 Å². The van der Waals surface area contributed by atoms with Gasteiger partial charge in [-0.3, -0.25) is 4.90 Å². The van der Waals surface area contributed by atoms with Crippen LogP contribution in [0.4, 0.5) is 0 Å². The number of hydrogen-bond donors (Lipinski definition) is 1. The quantitative estimate of drug-likeness (QED) is 0.893. The fraction of sp³-hybridized carbons (Fsp3) is 0.571. The molecule has 0 bridgehead atoms. The van der Waals surface area contributed by atoms with Crippen LogP contribution in [0.3, 0.4) is 0 Å². The second-order valence-corrected chi connectivity index (χ2v) is 5.24. The first kappa shape index (κ1) is 13.5. The highest BCUT2D eigenvalue weighted by Gasteiger charge is 2.40. The van der Waals surface area contributed by atoms with E-state index in [0.29, 0.717) is 26.3 Å². The molecule has 0 aliphatic carbocycles. The van der Waals surface area contributed by atoms with Crippen molar-refractivity contribution in [2.75, 3.05) is 26.3 Å². The van der Waals surface area contributed by atoms with Crippen LogP contribution in [0.1, 0.15) is 29.0 Å². The van der Waals surface area contributed by atoms with E-state index in [9.17, 15) is 4.79 Å². The number of carbonyl (C=O) groups is 1. The molecule has 0 aromatic carbocycles. The summed E-state index contributed by atoms with van der Waals surface area (Å²) < 4.78 is 11.5. The van der Waals surface area contributed by atoms with Gasteiger partial charge < -0.3 is 14.6 Å². The normalized spacial score (nSPS) is 22.2. The molecule has 20 heavy (non-hydrogen) atoms. The number of carboxylic acids is 1. The van der Waals surface area contributed by atoms with E-state index in [1.54, 1.807) is 6.07 Å². The maximum atomic E-state index is 10.9. The van der Waals surface area contributed by atoms with Crippen LogP contribution in [-0.2, 0) is 16.0 Å². The lowest BCUT2D eigenvalue weighted by Crippen LogP contribution is -2.48. The standard InChI is InChI=1S/C14H18N2O4/c17-13(18)12-4-1-3-11(15-12)9-16-6-2-5-14(10-16)19-7-8-20-14/h1,3-4H,2,5-10H2,(H,17,18). The van der Waals surface area contributed by atoms with Gasteiger partial charge in [0.1, 0.15) is 5.69 Å². The Kier molecular flexibility index (Phi) is 3.69. The smallest absolute Gasteiger partial charge is 0.354 e. The van der Waals surface area contributed by atoms with Gasteiger partial charge in [-0.25, -0.2) is 9.78 Å². The third kappa shape index (κ3) is 2.82. The summed E-state index contributed by atoms with van der Waals surface area (Å²) in [4.78, 5) is 17.3. The maximum absolute atomic E-state index is 10.9. The number of likely N-dealkylation sites (tertiary alicyclic amines) is 1. The van der Waals surface area contributed by atoms with Crippen molar-refractivity contribution in [2.45, 2.75) is 25.2 Å². The number of ether oxygens (including phenoxy) is 2. The minimum absolute atomic E-state index is 0.0857. The Hall–Kier alpha value is -1.50. The monoisotopic (exact) mass is 278 g/mol. The fourth-order valence-electron chi connectivity index (χ4n) is 2.85. The number of aromatic carboxylic acids is 1. The molecule has 0 unspecified atom stereocenters. The molecule has 3 heterocycles. The summed E-state index contributed by atoms with van der Waals surface area (Å²) in [5.74, 6) is -1.45. The van der Waals surface area contributed by atoms with Crippen LogP contribution in [0.2, 0.25) is 0 Å². The molecule has 1 N–H and O–H groups in total. The Morgan fingerprint density at radius 2 is 2.20 bits per heavy atom. The lowest BCUT2D eigenvalue weighted by molar-refractivity contribution is -0.190. The van der Waals surface area contributed by atoms with Gasteiger partial charge in [-0.1, -0.05) is 6.07 Å². The van der Waals surface area contributed by atoms with Gasteiger partial charge in [-0.05, 0) is 25.1 Å². The van der Waals surface area contributed by atoms with Gasteiger partial charge in [0.05, 0.1) is 25.5 Å². The largest absolute Gasteiger partial charge is 0.477 e. The van der Waals surface area contributed by atoms with E-state index in [2.05, 4.69) is 9.88 Å². The maximum Gasteiger partial charge on any atom is 0.354 e. The van der Waals surface area contributed by atoms with Crippen LogP contribution < -0.4 is 0 Å². The fourth-order valence-corrected chi connectivity index (χ4v) is 2.85. The number of carboxylic acid groups (broad SMARTS) is 1. The Morgan fingerprint density at radius 1 is 1.40 bits per heavy atom.